The molecule has 2 fully saturated rings. The fourth-order valence-electron chi connectivity index (χ4n) is 4.09. The topological polar surface area (TPSA) is 30.5 Å². The van der Waals surface area contributed by atoms with Gasteiger partial charge < -0.3 is 14.8 Å². The van der Waals surface area contributed by atoms with Gasteiger partial charge in [0.2, 0.25) is 0 Å². The van der Waals surface area contributed by atoms with E-state index in [1.54, 1.807) is 7.11 Å². The van der Waals surface area contributed by atoms with E-state index in [-0.39, 0.29) is 0 Å². The Morgan fingerprint density at radius 3 is 2.68 bits per heavy atom. The van der Waals surface area contributed by atoms with E-state index in [9.17, 15) is 0 Å². The maximum absolute atomic E-state index is 5.61. The molecule has 3 heteroatoms. The Bertz CT molecular complexity index is 247. The number of methoxy groups -OCH3 is 1. The molecule has 0 amide bonds. The first-order valence-corrected chi connectivity index (χ1v) is 8.13. The van der Waals surface area contributed by atoms with Crippen LogP contribution in [-0.4, -0.2) is 39.5 Å². The molecule has 19 heavy (non-hydrogen) atoms. The lowest BCUT2D eigenvalue weighted by Gasteiger charge is -2.27. The largest absolute Gasteiger partial charge is 0.382 e. The third-order valence-electron chi connectivity index (χ3n) is 5.01. The summed E-state index contributed by atoms with van der Waals surface area (Å²) >= 11 is 0. The number of hydrogen-bond acceptors (Lipinski definition) is 3. The predicted molar refractivity (Wildman–Crippen MR) is 78.3 cm³/mol. The molecule has 2 saturated carbocycles. The second-order valence-corrected chi connectivity index (χ2v) is 6.32. The highest BCUT2D eigenvalue weighted by Gasteiger charge is 2.39. The highest BCUT2D eigenvalue weighted by molar-refractivity contribution is 4.91. The average molecular weight is 269 g/mol. The van der Waals surface area contributed by atoms with Gasteiger partial charge in [0.25, 0.3) is 0 Å². The first kappa shape index (κ1) is 15.3. The fraction of sp³-hybridized carbons (Fsp3) is 1.00. The van der Waals surface area contributed by atoms with Crippen molar-refractivity contribution in [2.24, 2.45) is 17.8 Å². The lowest BCUT2D eigenvalue weighted by atomic mass is 9.83. The summed E-state index contributed by atoms with van der Waals surface area (Å²) in [4.78, 5) is 0. The van der Waals surface area contributed by atoms with Crippen LogP contribution in [0.5, 0.6) is 0 Å². The van der Waals surface area contributed by atoms with E-state index in [4.69, 9.17) is 9.47 Å². The van der Waals surface area contributed by atoms with Gasteiger partial charge in [-0.05, 0) is 56.4 Å². The van der Waals surface area contributed by atoms with Crippen LogP contribution in [0.2, 0.25) is 0 Å². The number of nitrogens with one attached hydrogen (secondary N) is 1. The first-order valence-electron chi connectivity index (χ1n) is 8.13. The van der Waals surface area contributed by atoms with E-state index < -0.39 is 0 Å². The van der Waals surface area contributed by atoms with Crippen molar-refractivity contribution in [3.63, 3.8) is 0 Å². The number of rotatable bonds is 10. The van der Waals surface area contributed by atoms with Crippen LogP contribution in [0.15, 0.2) is 0 Å². The van der Waals surface area contributed by atoms with Gasteiger partial charge in [-0.15, -0.1) is 0 Å². The van der Waals surface area contributed by atoms with Crippen molar-refractivity contribution < 1.29 is 9.47 Å². The molecule has 112 valence electrons. The van der Waals surface area contributed by atoms with Crippen LogP contribution < -0.4 is 5.32 Å². The summed E-state index contributed by atoms with van der Waals surface area (Å²) in [6.45, 7) is 5.58. The Morgan fingerprint density at radius 2 is 2.05 bits per heavy atom. The summed E-state index contributed by atoms with van der Waals surface area (Å²) in [5.74, 6) is 3.09. The standard InChI is InChI=1S/C16H31NO2/c1-3-17-16(6-7-19-9-8-18-2)12-15-11-13-4-5-14(15)10-13/h13-17H,3-12H2,1-2H3. The van der Waals surface area contributed by atoms with Crippen LogP contribution in [0, 0.1) is 17.8 Å². The highest BCUT2D eigenvalue weighted by atomic mass is 16.5. The van der Waals surface area contributed by atoms with Gasteiger partial charge in [-0.3, -0.25) is 0 Å². The Morgan fingerprint density at radius 1 is 1.16 bits per heavy atom. The van der Waals surface area contributed by atoms with Crippen LogP contribution in [0.25, 0.3) is 0 Å². The second-order valence-electron chi connectivity index (χ2n) is 6.32. The van der Waals surface area contributed by atoms with Gasteiger partial charge in [0.05, 0.1) is 13.2 Å². The maximum atomic E-state index is 5.61. The molecule has 4 unspecified atom stereocenters. The lowest BCUT2D eigenvalue weighted by Crippen LogP contribution is -2.33. The van der Waals surface area contributed by atoms with Crippen LogP contribution >= 0.6 is 0 Å². The minimum atomic E-state index is 0.650. The molecular formula is C16H31NO2. The Hall–Kier alpha value is -0.120. The van der Waals surface area contributed by atoms with Crippen LogP contribution in [-0.2, 0) is 9.47 Å². The minimum Gasteiger partial charge on any atom is -0.382 e. The highest BCUT2D eigenvalue weighted by Crippen LogP contribution is 2.49. The summed E-state index contributed by atoms with van der Waals surface area (Å²) in [6.07, 6.45) is 8.53. The number of hydrogen-bond donors (Lipinski definition) is 1. The average Bonchev–Trinajstić information content (AvgIpc) is 3.01. The molecule has 0 aromatic carbocycles. The third-order valence-corrected chi connectivity index (χ3v) is 5.01. The number of ether oxygens (including phenoxy) is 2. The molecule has 0 aromatic heterocycles. The second kappa shape index (κ2) is 8.23. The van der Waals surface area contributed by atoms with Crippen molar-refractivity contribution >= 4 is 0 Å². The molecule has 2 rings (SSSR count). The van der Waals surface area contributed by atoms with Crippen molar-refractivity contribution in [1.82, 2.24) is 5.32 Å². The normalized spacial score (nSPS) is 30.9. The van der Waals surface area contributed by atoms with Gasteiger partial charge in [0, 0.05) is 19.8 Å². The zero-order valence-electron chi connectivity index (χ0n) is 12.7. The van der Waals surface area contributed by atoms with Gasteiger partial charge in [-0.25, -0.2) is 0 Å². The molecular weight excluding hydrogens is 238 g/mol. The zero-order valence-corrected chi connectivity index (χ0v) is 12.7. The zero-order chi connectivity index (χ0) is 13.5. The molecule has 0 aromatic rings. The molecule has 0 heterocycles. The quantitative estimate of drug-likeness (QED) is 0.619. The summed E-state index contributed by atoms with van der Waals surface area (Å²) < 4.78 is 10.6. The monoisotopic (exact) mass is 269 g/mol. The van der Waals surface area contributed by atoms with E-state index >= 15 is 0 Å². The van der Waals surface area contributed by atoms with Crippen LogP contribution in [0.1, 0.15) is 45.4 Å². The van der Waals surface area contributed by atoms with Crippen LogP contribution in [0.4, 0.5) is 0 Å². The molecule has 2 aliphatic rings. The molecule has 0 saturated heterocycles. The van der Waals surface area contributed by atoms with Crippen molar-refractivity contribution in [2.75, 3.05) is 33.5 Å². The van der Waals surface area contributed by atoms with Crippen molar-refractivity contribution in [3.05, 3.63) is 0 Å². The van der Waals surface area contributed by atoms with Gasteiger partial charge in [0.15, 0.2) is 0 Å². The predicted octanol–water partition coefficient (Wildman–Crippen LogP) is 2.84. The SMILES string of the molecule is CCNC(CCOCCOC)CC1CC2CCC1C2. The van der Waals surface area contributed by atoms with E-state index in [0.29, 0.717) is 12.6 Å². The summed E-state index contributed by atoms with van der Waals surface area (Å²) in [6, 6.07) is 0.650. The van der Waals surface area contributed by atoms with Gasteiger partial charge >= 0.3 is 0 Å². The van der Waals surface area contributed by atoms with E-state index in [0.717, 1.165) is 43.9 Å². The molecule has 2 bridgehead atoms. The third kappa shape index (κ3) is 4.73. The van der Waals surface area contributed by atoms with Crippen molar-refractivity contribution in [1.29, 1.82) is 0 Å². The Kier molecular flexibility index (Phi) is 6.62. The Labute approximate surface area is 118 Å². The molecule has 3 nitrogen and oxygen atoms in total. The first-order chi connectivity index (χ1) is 9.33. The number of fused-ring (bicyclic) bond motifs is 2. The van der Waals surface area contributed by atoms with Gasteiger partial charge in [-0.2, -0.15) is 0 Å². The minimum absolute atomic E-state index is 0.650. The van der Waals surface area contributed by atoms with Crippen molar-refractivity contribution in [2.45, 2.75) is 51.5 Å². The van der Waals surface area contributed by atoms with Crippen LogP contribution in [0.3, 0.4) is 0 Å². The molecule has 0 radical (unpaired) electrons. The molecule has 0 aliphatic heterocycles. The van der Waals surface area contributed by atoms with Crippen molar-refractivity contribution in [3.8, 4) is 0 Å². The summed E-state index contributed by atoms with van der Waals surface area (Å²) in [5.41, 5.74) is 0. The maximum Gasteiger partial charge on any atom is 0.0700 e. The summed E-state index contributed by atoms with van der Waals surface area (Å²) in [5, 5.41) is 3.65. The van der Waals surface area contributed by atoms with E-state index in [1.165, 1.54) is 32.1 Å². The van der Waals surface area contributed by atoms with E-state index in [2.05, 4.69) is 12.2 Å². The van der Waals surface area contributed by atoms with Gasteiger partial charge in [-0.1, -0.05) is 13.3 Å². The molecule has 4 atom stereocenters. The smallest absolute Gasteiger partial charge is 0.0700 e. The van der Waals surface area contributed by atoms with E-state index in [1.807, 2.05) is 0 Å². The molecule has 0 spiro atoms. The molecule has 1 N–H and O–H groups in total. The van der Waals surface area contributed by atoms with Gasteiger partial charge in [0.1, 0.15) is 0 Å². The summed E-state index contributed by atoms with van der Waals surface area (Å²) in [7, 11) is 1.72. The fourth-order valence-corrected chi connectivity index (χ4v) is 4.09. The lowest BCUT2D eigenvalue weighted by molar-refractivity contribution is 0.0641. The Balaban J connectivity index is 1.64. The molecule has 2 aliphatic carbocycles.